The summed E-state index contributed by atoms with van der Waals surface area (Å²) < 4.78 is 22.9. The van der Waals surface area contributed by atoms with Gasteiger partial charge in [-0.25, -0.2) is 0 Å². The van der Waals surface area contributed by atoms with Gasteiger partial charge in [-0.3, -0.25) is 4.79 Å². The maximum Gasteiger partial charge on any atom is 0.220 e. The van der Waals surface area contributed by atoms with Crippen LogP contribution >= 0.6 is 0 Å². The molecule has 0 aliphatic carbocycles. The smallest absolute Gasteiger partial charge is 0.220 e. The summed E-state index contributed by atoms with van der Waals surface area (Å²) in [5.74, 6) is -0.229. The lowest BCUT2D eigenvalue weighted by Crippen LogP contribution is -2.65. The fourth-order valence-electron chi connectivity index (χ4n) is 13.1. The van der Waals surface area contributed by atoms with E-state index in [2.05, 4.69) is 19.2 Å². The van der Waals surface area contributed by atoms with Gasteiger partial charge in [0.2, 0.25) is 5.91 Å². The molecule has 2 aliphatic rings. The zero-order valence-electron chi connectivity index (χ0n) is 57.7. The van der Waals surface area contributed by atoms with Crippen LogP contribution in [0.25, 0.3) is 0 Å². The largest absolute Gasteiger partial charge is 0.394 e. The van der Waals surface area contributed by atoms with E-state index in [-0.39, 0.29) is 18.9 Å². The van der Waals surface area contributed by atoms with Crippen LogP contribution in [0.4, 0.5) is 0 Å². The summed E-state index contributed by atoms with van der Waals surface area (Å²) in [6, 6.07) is -0.912. The number of aliphatic hydroxyl groups excluding tert-OH is 8. The predicted octanol–water partition coefficient (Wildman–Crippen LogP) is 16.5. The molecule has 0 saturated carbocycles. The van der Waals surface area contributed by atoms with E-state index < -0.39 is 86.8 Å². The number of hydrogen-bond acceptors (Lipinski definition) is 13. The van der Waals surface area contributed by atoms with E-state index in [9.17, 15) is 45.6 Å². The lowest BCUT2D eigenvalue weighted by Gasteiger charge is -2.46. The van der Waals surface area contributed by atoms with Crippen molar-refractivity contribution in [2.45, 2.75) is 441 Å². The molecule has 2 rings (SSSR count). The molecule has 0 radical (unpaired) electrons. The second-order valence-corrected chi connectivity index (χ2v) is 27.5. The van der Waals surface area contributed by atoms with E-state index in [1.807, 2.05) is 6.08 Å². The van der Waals surface area contributed by atoms with Gasteiger partial charge in [0, 0.05) is 6.42 Å². The van der Waals surface area contributed by atoms with Crippen LogP contribution in [-0.4, -0.2) is 140 Å². The first kappa shape index (κ1) is 83.8. The van der Waals surface area contributed by atoms with Crippen LogP contribution in [0.3, 0.4) is 0 Å². The van der Waals surface area contributed by atoms with E-state index in [4.69, 9.17) is 18.9 Å². The zero-order valence-corrected chi connectivity index (χ0v) is 57.7. The molecule has 14 heteroatoms. The quantitative estimate of drug-likeness (QED) is 0.0204. The number of aliphatic hydroxyl groups is 8. The van der Waals surface area contributed by atoms with Crippen molar-refractivity contribution in [1.29, 1.82) is 0 Å². The number of amides is 1. The number of rotatable bonds is 65. The molecule has 2 aliphatic heterocycles. The molecule has 2 saturated heterocycles. The van der Waals surface area contributed by atoms with Gasteiger partial charge in [0.1, 0.15) is 48.8 Å². The van der Waals surface area contributed by atoms with Crippen LogP contribution in [0.1, 0.15) is 367 Å². The van der Waals surface area contributed by atoms with Crippen molar-refractivity contribution >= 4 is 5.91 Å². The zero-order chi connectivity index (χ0) is 64.5. The molecule has 9 N–H and O–H groups in total. The van der Waals surface area contributed by atoms with Gasteiger partial charge in [-0.1, -0.05) is 353 Å². The molecule has 12 atom stereocenters. The highest BCUT2D eigenvalue weighted by atomic mass is 16.7. The maximum absolute atomic E-state index is 13.4. The van der Waals surface area contributed by atoms with Crippen LogP contribution in [0, 0.1) is 0 Å². The SMILES string of the molecule is CCCCCCCCCCCCCCCCCCCCCCCCCC/C=C/C(O)C(COC1OC(CO)C(OC2OC(CO)C(O)C(O)C2O)C(O)C1O)NC(=O)CCCCCCCCCCCCCCCCCCCCCCCCCCCCCCC. The third-order valence-electron chi connectivity index (χ3n) is 19.2. The molecular formula is C75H145NO13. The Morgan fingerprint density at radius 1 is 0.393 bits per heavy atom. The number of ether oxygens (including phenoxy) is 4. The standard InChI is InChI=1S/C75H145NO13/c1-3-5-7-9-11-13-15-17-19-21-23-25-27-29-31-32-33-35-37-39-41-43-45-47-49-51-53-55-57-59-67(80)76-63(62-86-74-72(85)70(83)73(66(61-78)88-74)89-75-71(84)69(82)68(81)65(60-77)87-75)64(79)58-56-54-52-50-48-46-44-42-40-38-36-34-30-28-26-24-22-20-18-16-14-12-10-8-6-4-2/h56,58,63-66,68-75,77-79,81-85H,3-55,57,59-62H2,1-2H3,(H,76,80)/b58-56+. The Balaban J connectivity index is 1.64. The number of carbonyl (C=O) groups is 1. The predicted molar refractivity (Wildman–Crippen MR) is 365 cm³/mol. The van der Waals surface area contributed by atoms with Crippen LogP contribution in [0.5, 0.6) is 0 Å². The van der Waals surface area contributed by atoms with Crippen molar-refractivity contribution in [2.75, 3.05) is 19.8 Å². The molecule has 2 fully saturated rings. The number of hydrogen-bond donors (Lipinski definition) is 9. The molecule has 528 valence electrons. The molecule has 2 heterocycles. The fourth-order valence-corrected chi connectivity index (χ4v) is 13.1. The Bertz CT molecular complexity index is 1540. The van der Waals surface area contributed by atoms with Crippen molar-refractivity contribution in [3.63, 3.8) is 0 Å². The van der Waals surface area contributed by atoms with Crippen molar-refractivity contribution < 1.29 is 64.6 Å². The lowest BCUT2D eigenvalue weighted by molar-refractivity contribution is -0.359. The topological polar surface area (TPSA) is 228 Å². The normalized spacial score (nSPS) is 23.0. The summed E-state index contributed by atoms with van der Waals surface area (Å²) in [6.45, 7) is 2.87. The first-order valence-electron chi connectivity index (χ1n) is 38.4. The Morgan fingerprint density at radius 3 is 1.03 bits per heavy atom. The Kier molecular flexibility index (Phi) is 56.9. The highest BCUT2D eigenvalue weighted by molar-refractivity contribution is 5.76. The van der Waals surface area contributed by atoms with Crippen molar-refractivity contribution in [3.05, 3.63) is 12.2 Å². The monoisotopic (exact) mass is 1270 g/mol. The molecule has 14 nitrogen and oxygen atoms in total. The van der Waals surface area contributed by atoms with Gasteiger partial charge in [-0.2, -0.15) is 0 Å². The highest BCUT2D eigenvalue weighted by Crippen LogP contribution is 2.30. The molecule has 0 spiro atoms. The van der Waals surface area contributed by atoms with Gasteiger partial charge in [-0.05, 0) is 19.3 Å². The van der Waals surface area contributed by atoms with E-state index in [1.165, 1.54) is 302 Å². The summed E-state index contributed by atoms with van der Waals surface area (Å²) in [5, 5.41) is 87.6. The second kappa shape index (κ2) is 60.4. The average Bonchev–Trinajstić information content (AvgIpc) is 1.30. The van der Waals surface area contributed by atoms with Gasteiger partial charge in [0.25, 0.3) is 0 Å². The Morgan fingerprint density at radius 2 is 0.697 bits per heavy atom. The van der Waals surface area contributed by atoms with Gasteiger partial charge in [0.05, 0.1) is 32.0 Å². The molecule has 0 aromatic heterocycles. The number of nitrogens with one attached hydrogen (secondary N) is 1. The summed E-state index contributed by atoms with van der Waals surface area (Å²) >= 11 is 0. The van der Waals surface area contributed by atoms with Gasteiger partial charge >= 0.3 is 0 Å². The van der Waals surface area contributed by atoms with Crippen LogP contribution in [0.15, 0.2) is 12.2 Å². The number of carbonyl (C=O) groups excluding carboxylic acids is 1. The first-order chi connectivity index (χ1) is 43.6. The van der Waals surface area contributed by atoms with Gasteiger partial charge in [-0.15, -0.1) is 0 Å². The highest BCUT2D eigenvalue weighted by Gasteiger charge is 2.51. The number of unbranched alkanes of at least 4 members (excludes halogenated alkanes) is 52. The Hall–Kier alpha value is -1.27. The van der Waals surface area contributed by atoms with Gasteiger partial charge in [0.15, 0.2) is 12.6 Å². The molecule has 12 unspecified atom stereocenters. The molecule has 0 aromatic carbocycles. The maximum atomic E-state index is 13.4. The van der Waals surface area contributed by atoms with E-state index in [0.717, 1.165) is 44.9 Å². The molecule has 89 heavy (non-hydrogen) atoms. The van der Waals surface area contributed by atoms with Gasteiger partial charge < -0.3 is 65.1 Å². The summed E-state index contributed by atoms with van der Waals surface area (Å²) in [4.78, 5) is 13.4. The molecular weight excluding hydrogens is 1120 g/mol. The van der Waals surface area contributed by atoms with Crippen LogP contribution in [0.2, 0.25) is 0 Å². The molecule has 0 aromatic rings. The van der Waals surface area contributed by atoms with Crippen LogP contribution in [-0.2, 0) is 23.7 Å². The van der Waals surface area contributed by atoms with Crippen LogP contribution < -0.4 is 5.32 Å². The third-order valence-corrected chi connectivity index (χ3v) is 19.2. The second-order valence-electron chi connectivity index (χ2n) is 27.5. The summed E-state index contributed by atoms with van der Waals surface area (Å²) in [7, 11) is 0. The minimum atomic E-state index is -1.79. The first-order valence-corrected chi connectivity index (χ1v) is 38.4. The fraction of sp³-hybridized carbons (Fsp3) is 0.960. The summed E-state index contributed by atoms with van der Waals surface area (Å²) in [5.41, 5.74) is 0. The lowest BCUT2D eigenvalue weighted by atomic mass is 9.97. The van der Waals surface area contributed by atoms with E-state index in [1.54, 1.807) is 6.08 Å². The minimum Gasteiger partial charge on any atom is -0.394 e. The molecule has 1 amide bonds. The van der Waals surface area contributed by atoms with Crippen molar-refractivity contribution in [1.82, 2.24) is 5.32 Å². The minimum absolute atomic E-state index is 0.229. The molecule has 0 bridgehead atoms. The third kappa shape index (κ3) is 44.2. The Labute approximate surface area is 546 Å². The van der Waals surface area contributed by atoms with Crippen molar-refractivity contribution in [3.8, 4) is 0 Å². The van der Waals surface area contributed by atoms with E-state index >= 15 is 0 Å². The van der Waals surface area contributed by atoms with E-state index in [0.29, 0.717) is 0 Å². The van der Waals surface area contributed by atoms with Crippen molar-refractivity contribution in [2.24, 2.45) is 0 Å². The average molecular weight is 1270 g/mol. The summed E-state index contributed by atoms with van der Waals surface area (Å²) in [6.07, 6.45) is 58.6. The number of allylic oxidation sites excluding steroid dienone is 1.